The molecule has 1 aromatic carbocycles. The van der Waals surface area contributed by atoms with Crippen LogP contribution in [0.15, 0.2) is 35.9 Å². The van der Waals surface area contributed by atoms with Gasteiger partial charge in [0, 0.05) is 18.1 Å². The van der Waals surface area contributed by atoms with E-state index in [0.29, 0.717) is 24.6 Å². The molecule has 4 nitrogen and oxygen atoms in total. The molecule has 1 heterocycles. The van der Waals surface area contributed by atoms with Crippen LogP contribution in [0.4, 0.5) is 0 Å². The topological polar surface area (TPSA) is 50.4 Å². The summed E-state index contributed by atoms with van der Waals surface area (Å²) in [5, 5.41) is 6.82. The Balaban J connectivity index is 1.62. The molecule has 0 atom stereocenters. The standard InChI is InChI=1S/C15H19ClN2O2/c16-13-1-3-14(4-2-13)20-10-7-15(19)18-11-12-5-8-17-9-6-12/h1-5,17H,6-11H2,(H,18,19). The highest BCUT2D eigenvalue weighted by Crippen LogP contribution is 2.15. The van der Waals surface area contributed by atoms with Crippen molar-refractivity contribution in [2.24, 2.45) is 0 Å². The molecule has 0 fully saturated rings. The molecule has 0 aliphatic carbocycles. The average molecular weight is 295 g/mol. The zero-order chi connectivity index (χ0) is 14.2. The molecule has 0 unspecified atom stereocenters. The van der Waals surface area contributed by atoms with Crippen molar-refractivity contribution in [2.75, 3.05) is 26.2 Å². The maximum absolute atomic E-state index is 11.7. The van der Waals surface area contributed by atoms with E-state index in [9.17, 15) is 4.79 Å². The summed E-state index contributed by atoms with van der Waals surface area (Å²) in [7, 11) is 0. The molecule has 1 aliphatic rings. The van der Waals surface area contributed by atoms with Crippen molar-refractivity contribution in [3.8, 4) is 5.75 Å². The average Bonchev–Trinajstić information content (AvgIpc) is 2.48. The largest absolute Gasteiger partial charge is 0.493 e. The highest BCUT2D eigenvalue weighted by Gasteiger charge is 2.06. The van der Waals surface area contributed by atoms with Crippen LogP contribution in [0.3, 0.4) is 0 Å². The SMILES string of the molecule is O=C(CCOc1ccc(Cl)cc1)NCC1=CCNCC1. The highest BCUT2D eigenvalue weighted by molar-refractivity contribution is 6.30. The quantitative estimate of drug-likeness (QED) is 0.791. The molecule has 108 valence electrons. The number of hydrogen-bond donors (Lipinski definition) is 2. The first-order chi connectivity index (χ1) is 9.74. The minimum atomic E-state index is 0.0124. The van der Waals surface area contributed by atoms with Crippen molar-refractivity contribution in [1.29, 1.82) is 0 Å². The van der Waals surface area contributed by atoms with Crippen LogP contribution in [0.25, 0.3) is 0 Å². The summed E-state index contributed by atoms with van der Waals surface area (Å²) in [6.45, 7) is 2.89. The molecular weight excluding hydrogens is 276 g/mol. The van der Waals surface area contributed by atoms with E-state index in [2.05, 4.69) is 16.7 Å². The van der Waals surface area contributed by atoms with Crippen LogP contribution >= 0.6 is 11.6 Å². The second kappa shape index (κ2) is 7.92. The summed E-state index contributed by atoms with van der Waals surface area (Å²) in [4.78, 5) is 11.7. The molecule has 5 heteroatoms. The van der Waals surface area contributed by atoms with Crippen molar-refractivity contribution in [1.82, 2.24) is 10.6 Å². The predicted molar refractivity (Wildman–Crippen MR) is 80.1 cm³/mol. The van der Waals surface area contributed by atoms with Crippen molar-refractivity contribution in [2.45, 2.75) is 12.8 Å². The van der Waals surface area contributed by atoms with Crippen molar-refractivity contribution in [3.05, 3.63) is 40.9 Å². The van der Waals surface area contributed by atoms with Gasteiger partial charge in [-0.15, -0.1) is 0 Å². The number of halogens is 1. The maximum Gasteiger partial charge on any atom is 0.223 e. The van der Waals surface area contributed by atoms with Gasteiger partial charge in [0.15, 0.2) is 0 Å². The van der Waals surface area contributed by atoms with Gasteiger partial charge in [-0.3, -0.25) is 4.79 Å². The fourth-order valence-electron chi connectivity index (χ4n) is 1.92. The third-order valence-corrected chi connectivity index (χ3v) is 3.33. The molecular formula is C15H19ClN2O2. The van der Waals surface area contributed by atoms with E-state index in [1.807, 2.05) is 0 Å². The fraction of sp³-hybridized carbons (Fsp3) is 0.400. The third kappa shape index (κ3) is 5.23. The van der Waals surface area contributed by atoms with Gasteiger partial charge in [-0.1, -0.05) is 23.3 Å². The number of benzene rings is 1. The van der Waals surface area contributed by atoms with Gasteiger partial charge in [0.25, 0.3) is 0 Å². The van der Waals surface area contributed by atoms with Gasteiger partial charge < -0.3 is 15.4 Å². The van der Waals surface area contributed by atoms with Crippen LogP contribution in [-0.2, 0) is 4.79 Å². The highest BCUT2D eigenvalue weighted by atomic mass is 35.5. The van der Waals surface area contributed by atoms with Crippen molar-refractivity contribution >= 4 is 17.5 Å². The fourth-order valence-corrected chi connectivity index (χ4v) is 2.05. The molecule has 2 N–H and O–H groups in total. The molecule has 0 saturated heterocycles. The van der Waals surface area contributed by atoms with Gasteiger partial charge in [0.2, 0.25) is 5.91 Å². The summed E-state index contributed by atoms with van der Waals surface area (Å²) in [6.07, 6.45) is 3.49. The summed E-state index contributed by atoms with van der Waals surface area (Å²) < 4.78 is 5.48. The molecule has 1 amide bonds. The normalized spacial score (nSPS) is 14.6. The summed E-state index contributed by atoms with van der Waals surface area (Å²) >= 11 is 5.78. The number of hydrogen-bond acceptors (Lipinski definition) is 3. The molecule has 0 spiro atoms. The zero-order valence-electron chi connectivity index (χ0n) is 11.3. The van der Waals surface area contributed by atoms with Gasteiger partial charge in [0.1, 0.15) is 5.75 Å². The second-order valence-electron chi connectivity index (χ2n) is 4.65. The lowest BCUT2D eigenvalue weighted by Gasteiger charge is -2.14. The Labute approximate surface area is 124 Å². The monoisotopic (exact) mass is 294 g/mol. The molecule has 0 radical (unpaired) electrons. The summed E-state index contributed by atoms with van der Waals surface area (Å²) in [6, 6.07) is 7.11. The van der Waals surface area contributed by atoms with Gasteiger partial charge in [-0.2, -0.15) is 0 Å². The second-order valence-corrected chi connectivity index (χ2v) is 5.08. The predicted octanol–water partition coefficient (Wildman–Crippen LogP) is 2.14. The first-order valence-electron chi connectivity index (χ1n) is 6.78. The van der Waals surface area contributed by atoms with Gasteiger partial charge in [-0.05, 0) is 37.2 Å². The first-order valence-corrected chi connectivity index (χ1v) is 7.15. The molecule has 1 aromatic rings. The smallest absolute Gasteiger partial charge is 0.223 e. The molecule has 0 aromatic heterocycles. The minimum Gasteiger partial charge on any atom is -0.493 e. The van der Waals surface area contributed by atoms with Crippen LogP contribution in [0, 0.1) is 0 Å². The van der Waals surface area contributed by atoms with E-state index < -0.39 is 0 Å². The summed E-state index contributed by atoms with van der Waals surface area (Å²) in [5.41, 5.74) is 1.29. The van der Waals surface area contributed by atoms with Gasteiger partial charge in [-0.25, -0.2) is 0 Å². The number of carbonyl (C=O) groups is 1. The number of ether oxygens (including phenoxy) is 1. The number of amides is 1. The Morgan fingerprint density at radius 3 is 2.85 bits per heavy atom. The van der Waals surface area contributed by atoms with Crippen LogP contribution in [0.2, 0.25) is 5.02 Å². The van der Waals surface area contributed by atoms with E-state index in [1.165, 1.54) is 5.57 Å². The molecule has 1 aliphatic heterocycles. The van der Waals surface area contributed by atoms with Crippen molar-refractivity contribution in [3.63, 3.8) is 0 Å². The number of carbonyl (C=O) groups excluding carboxylic acids is 1. The van der Waals surface area contributed by atoms with E-state index >= 15 is 0 Å². The third-order valence-electron chi connectivity index (χ3n) is 3.08. The lowest BCUT2D eigenvalue weighted by atomic mass is 10.1. The lowest BCUT2D eigenvalue weighted by Crippen LogP contribution is -2.30. The lowest BCUT2D eigenvalue weighted by molar-refractivity contribution is -0.121. The minimum absolute atomic E-state index is 0.0124. The van der Waals surface area contributed by atoms with Crippen molar-refractivity contribution < 1.29 is 9.53 Å². The van der Waals surface area contributed by atoms with Crippen LogP contribution in [-0.4, -0.2) is 32.1 Å². The Morgan fingerprint density at radius 1 is 1.35 bits per heavy atom. The van der Waals surface area contributed by atoms with Crippen LogP contribution in [0.1, 0.15) is 12.8 Å². The van der Waals surface area contributed by atoms with E-state index in [-0.39, 0.29) is 5.91 Å². The number of rotatable bonds is 6. The number of nitrogens with one attached hydrogen (secondary N) is 2. The molecule has 2 rings (SSSR count). The van der Waals surface area contributed by atoms with Gasteiger partial charge in [0.05, 0.1) is 13.0 Å². The Bertz CT molecular complexity index is 471. The van der Waals surface area contributed by atoms with E-state index in [1.54, 1.807) is 24.3 Å². The molecule has 20 heavy (non-hydrogen) atoms. The Hall–Kier alpha value is -1.52. The van der Waals surface area contributed by atoms with E-state index in [0.717, 1.165) is 25.3 Å². The Kier molecular flexibility index (Phi) is 5.89. The first kappa shape index (κ1) is 14.9. The molecule has 0 saturated carbocycles. The Morgan fingerprint density at radius 2 is 2.15 bits per heavy atom. The van der Waals surface area contributed by atoms with Crippen LogP contribution < -0.4 is 15.4 Å². The van der Waals surface area contributed by atoms with Gasteiger partial charge >= 0.3 is 0 Å². The zero-order valence-corrected chi connectivity index (χ0v) is 12.1. The van der Waals surface area contributed by atoms with E-state index in [4.69, 9.17) is 16.3 Å². The maximum atomic E-state index is 11.7. The summed E-state index contributed by atoms with van der Waals surface area (Å²) in [5.74, 6) is 0.738. The van der Waals surface area contributed by atoms with Crippen LogP contribution in [0.5, 0.6) is 5.75 Å². The molecule has 0 bridgehead atoms.